The molecular formula is C12H23NO2. The molecular weight excluding hydrogens is 190 g/mol. The summed E-state index contributed by atoms with van der Waals surface area (Å²) in [6.45, 7) is 9.15. The zero-order chi connectivity index (χ0) is 11.5. The molecule has 1 N–H and O–H groups in total. The van der Waals surface area contributed by atoms with E-state index in [1.54, 1.807) is 0 Å². The highest BCUT2D eigenvalue weighted by atomic mass is 16.4. The quantitative estimate of drug-likeness (QED) is 0.761. The molecule has 15 heavy (non-hydrogen) atoms. The molecule has 0 amide bonds. The minimum absolute atomic E-state index is 0.455. The summed E-state index contributed by atoms with van der Waals surface area (Å²) in [5.74, 6) is 0.0202. The van der Waals surface area contributed by atoms with Gasteiger partial charge in [-0.15, -0.1) is 0 Å². The van der Waals surface area contributed by atoms with Crippen molar-refractivity contribution in [2.45, 2.75) is 40.0 Å². The maximum Gasteiger partial charge on any atom is 0.310 e. The molecule has 3 nitrogen and oxygen atoms in total. The second kappa shape index (κ2) is 4.97. The van der Waals surface area contributed by atoms with Gasteiger partial charge in [0.15, 0.2) is 0 Å². The van der Waals surface area contributed by atoms with Gasteiger partial charge in [0.05, 0.1) is 5.41 Å². The Bertz CT molecular complexity index is 228. The van der Waals surface area contributed by atoms with Crippen molar-refractivity contribution in [2.24, 2.45) is 11.3 Å². The van der Waals surface area contributed by atoms with E-state index in [1.807, 2.05) is 0 Å². The van der Waals surface area contributed by atoms with Crippen LogP contribution in [0.25, 0.3) is 0 Å². The first-order chi connectivity index (χ1) is 7.00. The van der Waals surface area contributed by atoms with Crippen LogP contribution >= 0.6 is 0 Å². The Hall–Kier alpha value is -0.570. The molecule has 1 aliphatic heterocycles. The first-order valence-corrected chi connectivity index (χ1v) is 5.96. The monoisotopic (exact) mass is 213 g/mol. The smallest absolute Gasteiger partial charge is 0.310 e. The van der Waals surface area contributed by atoms with Gasteiger partial charge in [0.25, 0.3) is 0 Å². The van der Waals surface area contributed by atoms with Crippen molar-refractivity contribution in [3.63, 3.8) is 0 Å². The van der Waals surface area contributed by atoms with Crippen LogP contribution in [-0.4, -0.2) is 35.6 Å². The van der Waals surface area contributed by atoms with E-state index >= 15 is 0 Å². The van der Waals surface area contributed by atoms with Gasteiger partial charge in [0, 0.05) is 13.1 Å². The third-order valence-electron chi connectivity index (χ3n) is 3.24. The molecule has 1 aliphatic rings. The largest absolute Gasteiger partial charge is 0.481 e. The highest BCUT2D eigenvalue weighted by molar-refractivity contribution is 5.75. The first-order valence-electron chi connectivity index (χ1n) is 5.96. The van der Waals surface area contributed by atoms with Gasteiger partial charge < -0.3 is 10.0 Å². The molecule has 1 heterocycles. The van der Waals surface area contributed by atoms with Crippen LogP contribution in [0.15, 0.2) is 0 Å². The predicted molar refractivity (Wildman–Crippen MR) is 60.9 cm³/mol. The summed E-state index contributed by atoms with van der Waals surface area (Å²) in [6, 6.07) is 0. The molecule has 0 bridgehead atoms. The zero-order valence-electron chi connectivity index (χ0n) is 10.1. The second-order valence-corrected chi connectivity index (χ2v) is 5.21. The maximum atomic E-state index is 11.3. The van der Waals surface area contributed by atoms with E-state index in [9.17, 15) is 9.90 Å². The molecule has 0 aromatic rings. The Morgan fingerprint density at radius 1 is 1.53 bits per heavy atom. The Morgan fingerprint density at radius 3 is 2.67 bits per heavy atom. The fraction of sp³-hybridized carbons (Fsp3) is 0.917. The van der Waals surface area contributed by atoms with E-state index in [2.05, 4.69) is 25.7 Å². The van der Waals surface area contributed by atoms with Crippen LogP contribution in [0.4, 0.5) is 0 Å². The van der Waals surface area contributed by atoms with Crippen molar-refractivity contribution in [1.29, 1.82) is 0 Å². The summed E-state index contributed by atoms with van der Waals surface area (Å²) >= 11 is 0. The first kappa shape index (κ1) is 12.5. The second-order valence-electron chi connectivity index (χ2n) is 5.21. The van der Waals surface area contributed by atoms with Crippen molar-refractivity contribution in [1.82, 2.24) is 4.90 Å². The van der Waals surface area contributed by atoms with E-state index in [-0.39, 0.29) is 0 Å². The summed E-state index contributed by atoms with van der Waals surface area (Å²) in [7, 11) is 0. The van der Waals surface area contributed by atoms with Gasteiger partial charge in [0.2, 0.25) is 0 Å². The lowest BCUT2D eigenvalue weighted by Crippen LogP contribution is -2.35. The van der Waals surface area contributed by atoms with Crippen LogP contribution in [0.5, 0.6) is 0 Å². The summed E-state index contributed by atoms with van der Waals surface area (Å²) in [5, 5.41) is 9.32. The Kier molecular flexibility index (Phi) is 4.14. The van der Waals surface area contributed by atoms with Gasteiger partial charge in [-0.05, 0) is 25.3 Å². The van der Waals surface area contributed by atoms with Crippen LogP contribution in [0.2, 0.25) is 0 Å². The topological polar surface area (TPSA) is 40.5 Å². The lowest BCUT2D eigenvalue weighted by molar-refractivity contribution is -0.148. The third kappa shape index (κ3) is 2.94. The molecule has 1 unspecified atom stereocenters. The number of likely N-dealkylation sites (tertiary alicyclic amines) is 1. The van der Waals surface area contributed by atoms with Crippen LogP contribution in [-0.2, 0) is 4.79 Å². The number of hydrogen-bond acceptors (Lipinski definition) is 2. The number of nitrogens with zero attached hydrogens (tertiary/aromatic N) is 1. The summed E-state index contributed by atoms with van der Waals surface area (Å²) in [5.41, 5.74) is -0.455. The lowest BCUT2D eigenvalue weighted by atomic mass is 9.83. The van der Waals surface area contributed by atoms with Crippen LogP contribution in [0.3, 0.4) is 0 Å². The predicted octanol–water partition coefficient (Wildman–Crippen LogP) is 2.22. The number of carboxylic acids is 1. The van der Waals surface area contributed by atoms with Crippen LogP contribution in [0.1, 0.15) is 40.0 Å². The standard InChI is InChI=1S/C12H23NO2/c1-4-5-12(11(14)15)6-7-13(9-12)8-10(2)3/h10H,4-9H2,1-3H3,(H,14,15). The van der Waals surface area contributed by atoms with Gasteiger partial charge in [-0.3, -0.25) is 4.79 Å². The van der Waals surface area contributed by atoms with Crippen molar-refractivity contribution in [3.05, 3.63) is 0 Å². The van der Waals surface area contributed by atoms with Gasteiger partial charge in [-0.1, -0.05) is 27.2 Å². The summed E-state index contributed by atoms with van der Waals surface area (Å²) in [4.78, 5) is 13.6. The number of aliphatic carboxylic acids is 1. The molecule has 0 aliphatic carbocycles. The number of rotatable bonds is 5. The maximum absolute atomic E-state index is 11.3. The van der Waals surface area contributed by atoms with Crippen LogP contribution in [0, 0.1) is 11.3 Å². The molecule has 0 radical (unpaired) electrons. The molecule has 0 saturated carbocycles. The van der Waals surface area contributed by atoms with Crippen molar-refractivity contribution in [3.8, 4) is 0 Å². The Labute approximate surface area is 92.5 Å². The summed E-state index contributed by atoms with van der Waals surface area (Å²) in [6.07, 6.45) is 2.60. The minimum Gasteiger partial charge on any atom is -0.481 e. The number of carboxylic acid groups (broad SMARTS) is 1. The van der Waals surface area contributed by atoms with Gasteiger partial charge >= 0.3 is 5.97 Å². The average molecular weight is 213 g/mol. The molecule has 0 spiro atoms. The molecule has 88 valence electrons. The van der Waals surface area contributed by atoms with Gasteiger partial charge in [-0.2, -0.15) is 0 Å². The normalized spacial score (nSPS) is 27.5. The Balaban J connectivity index is 2.59. The molecule has 0 aromatic heterocycles. The van der Waals surface area contributed by atoms with Crippen LogP contribution < -0.4 is 0 Å². The molecule has 1 atom stereocenters. The van der Waals surface area contributed by atoms with Crippen molar-refractivity contribution in [2.75, 3.05) is 19.6 Å². The highest BCUT2D eigenvalue weighted by Gasteiger charge is 2.43. The SMILES string of the molecule is CCCC1(C(=O)O)CCN(CC(C)C)C1. The molecule has 1 rings (SSSR count). The highest BCUT2D eigenvalue weighted by Crippen LogP contribution is 2.35. The number of hydrogen-bond donors (Lipinski definition) is 1. The van der Waals surface area contributed by atoms with Gasteiger partial charge in [0.1, 0.15) is 0 Å². The Morgan fingerprint density at radius 2 is 2.20 bits per heavy atom. The third-order valence-corrected chi connectivity index (χ3v) is 3.24. The van der Waals surface area contributed by atoms with E-state index < -0.39 is 11.4 Å². The zero-order valence-corrected chi connectivity index (χ0v) is 10.1. The van der Waals surface area contributed by atoms with E-state index in [0.29, 0.717) is 5.92 Å². The molecule has 1 fully saturated rings. The minimum atomic E-state index is -0.601. The van der Waals surface area contributed by atoms with Gasteiger partial charge in [-0.25, -0.2) is 0 Å². The van der Waals surface area contributed by atoms with E-state index in [0.717, 1.165) is 38.9 Å². The fourth-order valence-corrected chi connectivity index (χ4v) is 2.59. The van der Waals surface area contributed by atoms with Crippen molar-refractivity contribution >= 4 is 5.97 Å². The van der Waals surface area contributed by atoms with E-state index in [1.165, 1.54) is 0 Å². The lowest BCUT2D eigenvalue weighted by Gasteiger charge is -2.25. The summed E-state index contributed by atoms with van der Waals surface area (Å²) < 4.78 is 0. The van der Waals surface area contributed by atoms with Crippen molar-refractivity contribution < 1.29 is 9.90 Å². The number of carbonyl (C=O) groups is 1. The fourth-order valence-electron chi connectivity index (χ4n) is 2.59. The molecule has 3 heteroatoms. The molecule has 1 saturated heterocycles. The average Bonchev–Trinajstić information content (AvgIpc) is 2.49. The van der Waals surface area contributed by atoms with E-state index in [4.69, 9.17) is 0 Å². The molecule has 0 aromatic carbocycles.